The van der Waals surface area contributed by atoms with E-state index in [2.05, 4.69) is 0 Å². The molecule has 0 aromatic heterocycles. The van der Waals surface area contributed by atoms with E-state index in [1.54, 1.807) is 12.1 Å². The lowest BCUT2D eigenvalue weighted by molar-refractivity contribution is -0.133. The zero-order valence-corrected chi connectivity index (χ0v) is 9.89. The first-order valence-corrected chi connectivity index (χ1v) is 5.69. The Morgan fingerprint density at radius 2 is 2.28 bits per heavy atom. The minimum absolute atomic E-state index is 0.189. The van der Waals surface area contributed by atoms with Crippen molar-refractivity contribution in [3.63, 3.8) is 0 Å². The maximum Gasteiger partial charge on any atom is 0.338 e. The molecule has 18 heavy (non-hydrogen) atoms. The predicted molar refractivity (Wildman–Crippen MR) is 60.3 cm³/mol. The molecule has 2 heterocycles. The fourth-order valence-electron chi connectivity index (χ4n) is 2.50. The van der Waals surface area contributed by atoms with Crippen molar-refractivity contribution < 1.29 is 23.8 Å². The first kappa shape index (κ1) is 11.1. The van der Waals surface area contributed by atoms with Crippen molar-refractivity contribution in [2.24, 2.45) is 0 Å². The molecule has 0 saturated carbocycles. The summed E-state index contributed by atoms with van der Waals surface area (Å²) in [6.07, 6.45) is 0.607. The van der Waals surface area contributed by atoms with Crippen LogP contribution in [0, 0.1) is 0 Å². The van der Waals surface area contributed by atoms with Crippen LogP contribution in [0.25, 0.3) is 0 Å². The fourth-order valence-corrected chi connectivity index (χ4v) is 2.50. The quantitative estimate of drug-likeness (QED) is 0.594. The van der Waals surface area contributed by atoms with Gasteiger partial charge in [0.1, 0.15) is 24.6 Å². The topological polar surface area (TPSA) is 61.8 Å². The van der Waals surface area contributed by atoms with Crippen molar-refractivity contribution in [1.82, 2.24) is 0 Å². The lowest BCUT2D eigenvalue weighted by Crippen LogP contribution is -2.35. The van der Waals surface area contributed by atoms with Crippen LogP contribution in [0.4, 0.5) is 0 Å². The van der Waals surface area contributed by atoms with Gasteiger partial charge in [0.15, 0.2) is 0 Å². The van der Waals surface area contributed by atoms with E-state index in [0.29, 0.717) is 25.1 Å². The van der Waals surface area contributed by atoms with Gasteiger partial charge in [0, 0.05) is 17.5 Å². The molecule has 0 amide bonds. The Hall–Kier alpha value is -2.04. The summed E-state index contributed by atoms with van der Waals surface area (Å²) < 4.78 is 15.6. The monoisotopic (exact) mass is 248 g/mol. The number of ether oxygens (including phenoxy) is 3. The lowest BCUT2D eigenvalue weighted by Gasteiger charge is -2.22. The second kappa shape index (κ2) is 3.73. The summed E-state index contributed by atoms with van der Waals surface area (Å²) in [7, 11) is 0. The Kier molecular flexibility index (Phi) is 2.29. The number of cyclic esters (lactones) is 1. The largest absolute Gasteiger partial charge is 0.483 e. The van der Waals surface area contributed by atoms with Crippen molar-refractivity contribution in [3.8, 4) is 5.75 Å². The number of benzene rings is 1. The second-order valence-electron chi connectivity index (χ2n) is 4.78. The molecular formula is C13H12O5. The standard InChI is InChI=1S/C13H12O5/c1-13(6-16-7-14)4-9-10-5-17-12(15)8(10)2-3-11(9)18-13/h2-3,7H,4-6H2,1H3. The average molecular weight is 248 g/mol. The molecule has 0 spiro atoms. The zero-order valence-electron chi connectivity index (χ0n) is 9.89. The third-order valence-corrected chi connectivity index (χ3v) is 3.32. The number of rotatable bonds is 3. The summed E-state index contributed by atoms with van der Waals surface area (Å²) in [5.74, 6) is 0.453. The SMILES string of the molecule is CC1(COC=O)Cc2c(ccc3c2COC3=O)O1. The highest BCUT2D eigenvalue weighted by atomic mass is 16.6. The van der Waals surface area contributed by atoms with Crippen LogP contribution < -0.4 is 4.74 Å². The van der Waals surface area contributed by atoms with Crippen molar-refractivity contribution >= 4 is 12.4 Å². The Labute approximate surface area is 104 Å². The number of esters is 1. The van der Waals surface area contributed by atoms with Crippen molar-refractivity contribution in [2.45, 2.75) is 25.6 Å². The van der Waals surface area contributed by atoms with E-state index in [1.165, 1.54) is 0 Å². The van der Waals surface area contributed by atoms with E-state index in [-0.39, 0.29) is 12.6 Å². The van der Waals surface area contributed by atoms with Crippen LogP contribution in [0.3, 0.4) is 0 Å². The molecule has 0 aliphatic carbocycles. The molecule has 1 aromatic carbocycles. The van der Waals surface area contributed by atoms with E-state index in [1.807, 2.05) is 6.92 Å². The van der Waals surface area contributed by atoms with Gasteiger partial charge in [-0.25, -0.2) is 4.79 Å². The molecular weight excluding hydrogens is 236 g/mol. The van der Waals surface area contributed by atoms with E-state index in [0.717, 1.165) is 16.9 Å². The van der Waals surface area contributed by atoms with Crippen LogP contribution in [0.5, 0.6) is 5.75 Å². The average Bonchev–Trinajstić information content (AvgIpc) is 2.87. The van der Waals surface area contributed by atoms with Gasteiger partial charge in [-0.1, -0.05) is 0 Å². The molecule has 0 N–H and O–H groups in total. The van der Waals surface area contributed by atoms with Crippen LogP contribution in [0.15, 0.2) is 12.1 Å². The highest BCUT2D eigenvalue weighted by molar-refractivity contribution is 5.94. The molecule has 0 radical (unpaired) electrons. The summed E-state index contributed by atoms with van der Waals surface area (Å²) >= 11 is 0. The smallest absolute Gasteiger partial charge is 0.338 e. The van der Waals surface area contributed by atoms with Gasteiger partial charge < -0.3 is 14.2 Å². The van der Waals surface area contributed by atoms with Crippen molar-refractivity contribution in [1.29, 1.82) is 0 Å². The second-order valence-corrected chi connectivity index (χ2v) is 4.78. The Bertz CT molecular complexity index is 536. The summed E-state index contributed by atoms with van der Waals surface area (Å²) in [5, 5.41) is 0. The van der Waals surface area contributed by atoms with Crippen LogP contribution in [-0.2, 0) is 27.3 Å². The normalized spacial score (nSPS) is 23.9. The molecule has 94 valence electrons. The number of carbonyl (C=O) groups is 2. The predicted octanol–water partition coefficient (Wildman–Crippen LogP) is 1.22. The Morgan fingerprint density at radius 3 is 3.06 bits per heavy atom. The third-order valence-electron chi connectivity index (χ3n) is 3.32. The number of hydrogen-bond donors (Lipinski definition) is 0. The molecule has 1 aromatic rings. The molecule has 1 atom stereocenters. The summed E-state index contributed by atoms with van der Waals surface area (Å²) in [5.41, 5.74) is 1.92. The number of fused-ring (bicyclic) bond motifs is 3. The maximum atomic E-state index is 11.5. The molecule has 5 heteroatoms. The van der Waals surface area contributed by atoms with E-state index in [9.17, 15) is 9.59 Å². The van der Waals surface area contributed by atoms with Crippen molar-refractivity contribution in [2.75, 3.05) is 6.61 Å². The molecule has 0 saturated heterocycles. The minimum Gasteiger partial charge on any atom is -0.483 e. The molecule has 0 fully saturated rings. The van der Waals surface area contributed by atoms with Gasteiger partial charge in [-0.2, -0.15) is 0 Å². The van der Waals surface area contributed by atoms with Gasteiger partial charge in [-0.15, -0.1) is 0 Å². The summed E-state index contributed by atoms with van der Waals surface area (Å²) in [4.78, 5) is 21.7. The molecule has 5 nitrogen and oxygen atoms in total. The molecule has 2 aliphatic heterocycles. The molecule has 0 bridgehead atoms. The van der Waals surface area contributed by atoms with Gasteiger partial charge in [0.2, 0.25) is 0 Å². The van der Waals surface area contributed by atoms with Crippen molar-refractivity contribution in [3.05, 3.63) is 28.8 Å². The highest BCUT2D eigenvalue weighted by Gasteiger charge is 2.39. The Balaban J connectivity index is 1.94. The fraction of sp³-hybridized carbons (Fsp3) is 0.385. The maximum absolute atomic E-state index is 11.5. The summed E-state index contributed by atoms with van der Waals surface area (Å²) in [6, 6.07) is 3.49. The zero-order chi connectivity index (χ0) is 12.8. The molecule has 1 unspecified atom stereocenters. The number of carbonyl (C=O) groups excluding carboxylic acids is 2. The van der Waals surface area contributed by atoms with Crippen LogP contribution >= 0.6 is 0 Å². The lowest BCUT2D eigenvalue weighted by atomic mass is 9.95. The van der Waals surface area contributed by atoms with Gasteiger partial charge in [0.25, 0.3) is 6.47 Å². The summed E-state index contributed by atoms with van der Waals surface area (Å²) in [6.45, 7) is 2.77. The van der Waals surface area contributed by atoms with E-state index in [4.69, 9.17) is 14.2 Å². The highest BCUT2D eigenvalue weighted by Crippen LogP contribution is 2.40. The third kappa shape index (κ3) is 1.54. The number of hydrogen-bond acceptors (Lipinski definition) is 5. The van der Waals surface area contributed by atoms with Gasteiger partial charge in [0.05, 0.1) is 5.56 Å². The van der Waals surface area contributed by atoms with Crippen LogP contribution in [0.2, 0.25) is 0 Å². The minimum atomic E-state index is -0.565. The van der Waals surface area contributed by atoms with Crippen LogP contribution in [-0.4, -0.2) is 24.6 Å². The van der Waals surface area contributed by atoms with Crippen LogP contribution in [0.1, 0.15) is 28.4 Å². The molecule has 3 rings (SSSR count). The van der Waals surface area contributed by atoms with Gasteiger partial charge in [-0.05, 0) is 19.1 Å². The van der Waals surface area contributed by atoms with Gasteiger partial charge in [-0.3, -0.25) is 4.79 Å². The molecule has 2 aliphatic rings. The van der Waals surface area contributed by atoms with E-state index >= 15 is 0 Å². The van der Waals surface area contributed by atoms with E-state index < -0.39 is 5.60 Å². The first-order valence-electron chi connectivity index (χ1n) is 5.69. The Morgan fingerprint density at radius 1 is 1.44 bits per heavy atom. The van der Waals surface area contributed by atoms with Gasteiger partial charge >= 0.3 is 5.97 Å². The first-order chi connectivity index (χ1) is 8.63.